The van der Waals surface area contributed by atoms with Gasteiger partial charge >= 0.3 is 5.97 Å². The number of hydrogen-bond acceptors (Lipinski definition) is 4. The summed E-state index contributed by atoms with van der Waals surface area (Å²) in [6, 6.07) is 3.78. The Hall–Kier alpha value is -1.44. The number of rotatable bonds is 7. The molecule has 0 heterocycles. The molecule has 1 aliphatic carbocycles. The van der Waals surface area contributed by atoms with Gasteiger partial charge in [0.1, 0.15) is 6.04 Å². The lowest BCUT2D eigenvalue weighted by Crippen LogP contribution is -2.41. The van der Waals surface area contributed by atoms with Crippen LogP contribution in [0.2, 0.25) is 0 Å². The summed E-state index contributed by atoms with van der Waals surface area (Å²) in [5.41, 5.74) is 2.20. The lowest BCUT2D eigenvalue weighted by molar-refractivity contribution is -0.139. The third-order valence-electron chi connectivity index (χ3n) is 3.59. The molecule has 0 saturated heterocycles. The van der Waals surface area contributed by atoms with E-state index in [9.17, 15) is 13.2 Å². The molecule has 2 N–H and O–H groups in total. The van der Waals surface area contributed by atoms with Gasteiger partial charge in [0, 0.05) is 13.7 Å². The first kappa shape index (κ1) is 15.9. The van der Waals surface area contributed by atoms with Crippen LogP contribution < -0.4 is 4.72 Å². The Kier molecular flexibility index (Phi) is 4.97. The third kappa shape index (κ3) is 3.81. The van der Waals surface area contributed by atoms with E-state index in [1.54, 1.807) is 6.07 Å². The van der Waals surface area contributed by atoms with Crippen molar-refractivity contribution in [3.8, 4) is 0 Å². The molecule has 0 aliphatic heterocycles. The quantitative estimate of drug-likeness (QED) is 0.781. The van der Waals surface area contributed by atoms with Crippen molar-refractivity contribution in [1.82, 2.24) is 4.72 Å². The number of nitrogens with one attached hydrogen (secondary N) is 1. The standard InChI is InChI=1S/C14H19NO5S/c1-20-8-7-13(14(16)17)15-21(18,19)12-6-5-10-3-2-4-11(10)9-12/h5-6,9,13,15H,2-4,7-8H2,1H3,(H,16,17). The van der Waals surface area contributed by atoms with Crippen LogP contribution in [0.5, 0.6) is 0 Å². The van der Waals surface area contributed by atoms with E-state index in [2.05, 4.69) is 4.72 Å². The maximum atomic E-state index is 12.3. The average Bonchev–Trinajstić information content (AvgIpc) is 2.90. The Morgan fingerprint density at radius 1 is 1.38 bits per heavy atom. The van der Waals surface area contributed by atoms with Crippen molar-refractivity contribution >= 4 is 16.0 Å². The molecule has 0 radical (unpaired) electrons. The van der Waals surface area contributed by atoms with Gasteiger partial charge in [-0.25, -0.2) is 8.42 Å². The summed E-state index contributed by atoms with van der Waals surface area (Å²) in [4.78, 5) is 11.2. The van der Waals surface area contributed by atoms with E-state index in [-0.39, 0.29) is 17.9 Å². The van der Waals surface area contributed by atoms with Gasteiger partial charge in [0.25, 0.3) is 0 Å². The van der Waals surface area contributed by atoms with Crippen LogP contribution in [0, 0.1) is 0 Å². The van der Waals surface area contributed by atoms with Gasteiger partial charge in [0.05, 0.1) is 4.90 Å². The fourth-order valence-corrected chi connectivity index (χ4v) is 3.71. The zero-order valence-corrected chi connectivity index (χ0v) is 12.6. The van der Waals surface area contributed by atoms with Crippen LogP contribution in [0.3, 0.4) is 0 Å². The molecule has 6 nitrogen and oxygen atoms in total. The van der Waals surface area contributed by atoms with Crippen LogP contribution >= 0.6 is 0 Å². The zero-order valence-electron chi connectivity index (χ0n) is 11.8. The number of carbonyl (C=O) groups is 1. The number of sulfonamides is 1. The van der Waals surface area contributed by atoms with Crippen LogP contribution in [0.15, 0.2) is 23.1 Å². The second kappa shape index (κ2) is 6.55. The predicted molar refractivity (Wildman–Crippen MR) is 76.7 cm³/mol. The molecule has 0 bridgehead atoms. The predicted octanol–water partition coefficient (Wildman–Crippen LogP) is 0.943. The van der Waals surface area contributed by atoms with Crippen molar-refractivity contribution in [2.45, 2.75) is 36.6 Å². The second-order valence-corrected chi connectivity index (χ2v) is 6.79. The van der Waals surface area contributed by atoms with Gasteiger partial charge in [0.15, 0.2) is 0 Å². The van der Waals surface area contributed by atoms with Crippen molar-refractivity contribution in [2.24, 2.45) is 0 Å². The molecule has 1 aromatic carbocycles. The highest BCUT2D eigenvalue weighted by atomic mass is 32.2. The number of aliphatic carboxylic acids is 1. The normalized spacial score (nSPS) is 15.7. The molecule has 0 fully saturated rings. The molecule has 1 aliphatic rings. The maximum absolute atomic E-state index is 12.3. The number of fused-ring (bicyclic) bond motifs is 1. The third-order valence-corrected chi connectivity index (χ3v) is 5.06. The summed E-state index contributed by atoms with van der Waals surface area (Å²) in [6.07, 6.45) is 2.94. The summed E-state index contributed by atoms with van der Waals surface area (Å²) in [5.74, 6) is -1.21. The van der Waals surface area contributed by atoms with E-state index in [0.29, 0.717) is 0 Å². The van der Waals surface area contributed by atoms with Crippen LogP contribution in [-0.4, -0.2) is 39.3 Å². The number of benzene rings is 1. The number of hydrogen-bond donors (Lipinski definition) is 2. The van der Waals surface area contributed by atoms with Crippen molar-refractivity contribution in [1.29, 1.82) is 0 Å². The monoisotopic (exact) mass is 313 g/mol. The van der Waals surface area contributed by atoms with E-state index < -0.39 is 22.0 Å². The number of aryl methyl sites for hydroxylation is 2. The lowest BCUT2D eigenvalue weighted by Gasteiger charge is -2.15. The largest absolute Gasteiger partial charge is 0.480 e. The molecule has 0 saturated carbocycles. The van der Waals surface area contributed by atoms with Gasteiger partial charge in [-0.2, -0.15) is 4.72 Å². The number of methoxy groups -OCH3 is 1. The Morgan fingerprint density at radius 2 is 2.10 bits per heavy atom. The van der Waals surface area contributed by atoms with E-state index in [0.717, 1.165) is 24.8 Å². The van der Waals surface area contributed by atoms with E-state index >= 15 is 0 Å². The lowest BCUT2D eigenvalue weighted by atomic mass is 10.1. The fraction of sp³-hybridized carbons (Fsp3) is 0.500. The Labute approximate surface area is 124 Å². The first-order valence-electron chi connectivity index (χ1n) is 6.80. The molecule has 1 unspecified atom stereocenters. The molecule has 0 aromatic heterocycles. The molecular weight excluding hydrogens is 294 g/mol. The molecule has 1 atom stereocenters. The minimum atomic E-state index is -3.84. The zero-order chi connectivity index (χ0) is 15.5. The second-order valence-electron chi connectivity index (χ2n) is 5.08. The summed E-state index contributed by atoms with van der Waals surface area (Å²) in [7, 11) is -2.40. The highest BCUT2D eigenvalue weighted by molar-refractivity contribution is 7.89. The highest BCUT2D eigenvalue weighted by Crippen LogP contribution is 2.24. The SMILES string of the molecule is COCCC(NS(=O)(=O)c1ccc2c(c1)CCC2)C(=O)O. The molecule has 0 amide bonds. The minimum Gasteiger partial charge on any atom is -0.480 e. The van der Waals surface area contributed by atoms with Crippen LogP contribution in [0.4, 0.5) is 0 Å². The minimum absolute atomic E-state index is 0.0794. The first-order valence-corrected chi connectivity index (χ1v) is 8.28. The number of carboxylic acid groups (broad SMARTS) is 1. The van der Waals surface area contributed by atoms with E-state index in [1.165, 1.54) is 18.7 Å². The highest BCUT2D eigenvalue weighted by Gasteiger charge is 2.26. The van der Waals surface area contributed by atoms with Crippen LogP contribution in [0.25, 0.3) is 0 Å². The van der Waals surface area contributed by atoms with Gasteiger partial charge in [-0.15, -0.1) is 0 Å². The Morgan fingerprint density at radius 3 is 2.76 bits per heavy atom. The Bertz CT molecular complexity index is 626. The van der Waals surface area contributed by atoms with Gasteiger partial charge < -0.3 is 9.84 Å². The topological polar surface area (TPSA) is 92.7 Å². The summed E-state index contributed by atoms with van der Waals surface area (Å²) < 4.78 is 31.6. The molecular formula is C14H19NO5S. The summed E-state index contributed by atoms with van der Waals surface area (Å²) in [5, 5.41) is 9.08. The van der Waals surface area contributed by atoms with Gasteiger partial charge in [0.2, 0.25) is 10.0 Å². The van der Waals surface area contributed by atoms with Crippen LogP contribution in [-0.2, 0) is 32.4 Å². The molecule has 116 valence electrons. The van der Waals surface area contributed by atoms with Crippen molar-refractivity contribution in [2.75, 3.05) is 13.7 Å². The van der Waals surface area contributed by atoms with E-state index in [4.69, 9.17) is 9.84 Å². The summed E-state index contributed by atoms with van der Waals surface area (Å²) >= 11 is 0. The Balaban J connectivity index is 2.18. The maximum Gasteiger partial charge on any atom is 0.321 e. The van der Waals surface area contributed by atoms with Gasteiger partial charge in [-0.1, -0.05) is 6.07 Å². The van der Waals surface area contributed by atoms with Crippen molar-refractivity contribution in [3.63, 3.8) is 0 Å². The molecule has 7 heteroatoms. The van der Waals surface area contributed by atoms with Crippen LogP contribution in [0.1, 0.15) is 24.0 Å². The average molecular weight is 313 g/mol. The van der Waals surface area contributed by atoms with E-state index in [1.807, 2.05) is 6.07 Å². The van der Waals surface area contributed by atoms with Gasteiger partial charge in [-0.05, 0) is 48.9 Å². The van der Waals surface area contributed by atoms with Crippen molar-refractivity contribution in [3.05, 3.63) is 29.3 Å². The first-order chi connectivity index (χ1) is 9.94. The summed E-state index contributed by atoms with van der Waals surface area (Å²) in [6.45, 7) is 0.170. The smallest absolute Gasteiger partial charge is 0.321 e. The van der Waals surface area contributed by atoms with Gasteiger partial charge in [-0.3, -0.25) is 4.79 Å². The number of ether oxygens (including phenoxy) is 1. The molecule has 1 aromatic rings. The molecule has 2 rings (SSSR count). The van der Waals surface area contributed by atoms with Crippen molar-refractivity contribution < 1.29 is 23.1 Å². The number of carboxylic acids is 1. The molecule has 21 heavy (non-hydrogen) atoms. The molecule has 0 spiro atoms. The fourth-order valence-electron chi connectivity index (χ4n) is 2.44.